The maximum atomic E-state index is 11.3. The minimum absolute atomic E-state index is 0.138. The van der Waals surface area contributed by atoms with Crippen LogP contribution in [-0.4, -0.2) is 20.7 Å². The van der Waals surface area contributed by atoms with E-state index >= 15 is 0 Å². The Morgan fingerprint density at radius 3 is 2.53 bits per heavy atom. The Labute approximate surface area is 114 Å². The lowest BCUT2D eigenvalue weighted by molar-refractivity contribution is -0.384. The summed E-state index contributed by atoms with van der Waals surface area (Å²) in [5, 5.41) is 18.8. The molecule has 1 aromatic rings. The molecule has 0 aromatic carbocycles. The molecule has 0 aliphatic rings. The zero-order chi connectivity index (χ0) is 14.4. The third-order valence-electron chi connectivity index (χ3n) is 3.23. The first-order chi connectivity index (χ1) is 9.04. The van der Waals surface area contributed by atoms with Gasteiger partial charge in [0.15, 0.2) is 0 Å². The van der Waals surface area contributed by atoms with Crippen LogP contribution in [0.15, 0.2) is 0 Å². The number of aryl methyl sites for hydroxylation is 2. The van der Waals surface area contributed by atoms with Crippen molar-refractivity contribution in [3.05, 3.63) is 15.8 Å². The first-order valence-electron chi connectivity index (χ1n) is 7.01. The normalized spacial score (nSPS) is 12.4. The fourth-order valence-electron chi connectivity index (χ4n) is 2.25. The summed E-state index contributed by atoms with van der Waals surface area (Å²) < 4.78 is 1.60. The molecular weight excluding hydrogens is 244 g/mol. The van der Waals surface area contributed by atoms with Crippen LogP contribution >= 0.6 is 0 Å². The maximum absolute atomic E-state index is 11.3. The van der Waals surface area contributed by atoms with E-state index in [0.29, 0.717) is 17.9 Å². The zero-order valence-corrected chi connectivity index (χ0v) is 12.3. The van der Waals surface area contributed by atoms with Gasteiger partial charge in [0.2, 0.25) is 5.82 Å². The van der Waals surface area contributed by atoms with E-state index in [2.05, 4.69) is 24.3 Å². The molecule has 0 spiro atoms. The standard InChI is InChI=1S/C13H24N4O2/c1-5-8-10(7-3)14-13-12(17(18)19)11(9-6-2)15-16(13)4/h10,14H,5-9H2,1-4H3. The van der Waals surface area contributed by atoms with Gasteiger partial charge >= 0.3 is 5.69 Å². The molecule has 19 heavy (non-hydrogen) atoms. The van der Waals surface area contributed by atoms with Crippen LogP contribution in [0.5, 0.6) is 0 Å². The number of hydrogen-bond donors (Lipinski definition) is 1. The van der Waals surface area contributed by atoms with Crippen molar-refractivity contribution in [2.24, 2.45) is 7.05 Å². The monoisotopic (exact) mass is 268 g/mol. The molecule has 6 nitrogen and oxygen atoms in total. The molecule has 1 unspecified atom stereocenters. The zero-order valence-electron chi connectivity index (χ0n) is 12.3. The molecule has 1 atom stereocenters. The minimum Gasteiger partial charge on any atom is -0.362 e. The highest BCUT2D eigenvalue weighted by molar-refractivity contribution is 5.60. The number of nitrogens with zero attached hydrogens (tertiary/aromatic N) is 3. The van der Waals surface area contributed by atoms with Gasteiger partial charge in [-0.15, -0.1) is 0 Å². The summed E-state index contributed by atoms with van der Waals surface area (Å²) in [5.74, 6) is 0.536. The summed E-state index contributed by atoms with van der Waals surface area (Å²) >= 11 is 0. The van der Waals surface area contributed by atoms with Crippen LogP contribution in [0.4, 0.5) is 11.5 Å². The molecule has 6 heteroatoms. The number of nitrogens with one attached hydrogen (secondary N) is 1. The molecule has 1 rings (SSSR count). The van der Waals surface area contributed by atoms with Gasteiger partial charge in [0, 0.05) is 13.1 Å². The van der Waals surface area contributed by atoms with E-state index in [9.17, 15) is 10.1 Å². The number of hydrogen-bond acceptors (Lipinski definition) is 4. The molecule has 0 aliphatic heterocycles. The van der Waals surface area contributed by atoms with E-state index < -0.39 is 0 Å². The SMILES string of the molecule is CCCc1nn(C)c(NC(CC)CCC)c1[N+](=O)[O-]. The van der Waals surface area contributed by atoms with Crippen molar-refractivity contribution >= 4 is 11.5 Å². The van der Waals surface area contributed by atoms with Crippen molar-refractivity contribution < 1.29 is 4.92 Å². The van der Waals surface area contributed by atoms with Gasteiger partial charge in [0.25, 0.3) is 0 Å². The van der Waals surface area contributed by atoms with E-state index in [1.807, 2.05) is 6.92 Å². The van der Waals surface area contributed by atoms with Crippen molar-refractivity contribution in [3.63, 3.8) is 0 Å². The van der Waals surface area contributed by atoms with Gasteiger partial charge in [-0.25, -0.2) is 4.68 Å². The number of rotatable bonds is 8. The van der Waals surface area contributed by atoms with Gasteiger partial charge in [0.1, 0.15) is 5.69 Å². The molecule has 0 saturated carbocycles. The molecule has 0 radical (unpaired) electrons. The van der Waals surface area contributed by atoms with Gasteiger partial charge in [-0.2, -0.15) is 5.10 Å². The van der Waals surface area contributed by atoms with Crippen molar-refractivity contribution in [1.29, 1.82) is 0 Å². The summed E-state index contributed by atoms with van der Waals surface area (Å²) in [5.41, 5.74) is 0.711. The number of aromatic nitrogens is 2. The van der Waals surface area contributed by atoms with E-state index in [1.165, 1.54) is 0 Å². The fourth-order valence-corrected chi connectivity index (χ4v) is 2.25. The average Bonchev–Trinajstić information content (AvgIpc) is 2.65. The van der Waals surface area contributed by atoms with Gasteiger partial charge in [-0.1, -0.05) is 33.6 Å². The van der Waals surface area contributed by atoms with Crippen LogP contribution in [0.25, 0.3) is 0 Å². The first-order valence-corrected chi connectivity index (χ1v) is 7.01. The topological polar surface area (TPSA) is 73.0 Å². The third-order valence-corrected chi connectivity index (χ3v) is 3.23. The summed E-state index contributed by atoms with van der Waals surface area (Å²) in [6.07, 6.45) is 4.49. The highest BCUT2D eigenvalue weighted by Crippen LogP contribution is 2.30. The third kappa shape index (κ3) is 3.68. The Hall–Kier alpha value is -1.59. The van der Waals surface area contributed by atoms with Gasteiger partial charge in [0.05, 0.1) is 4.92 Å². The second-order valence-corrected chi connectivity index (χ2v) is 4.81. The van der Waals surface area contributed by atoms with Crippen LogP contribution < -0.4 is 5.32 Å². The summed E-state index contributed by atoms with van der Waals surface area (Å²) in [4.78, 5) is 11.0. The number of anilines is 1. The molecule has 0 amide bonds. The smallest absolute Gasteiger partial charge is 0.333 e. The van der Waals surface area contributed by atoms with Crippen molar-refractivity contribution in [2.75, 3.05) is 5.32 Å². The second kappa shape index (κ2) is 7.11. The van der Waals surface area contributed by atoms with Crippen LogP contribution in [0.2, 0.25) is 0 Å². The highest BCUT2D eigenvalue weighted by Gasteiger charge is 2.27. The second-order valence-electron chi connectivity index (χ2n) is 4.81. The largest absolute Gasteiger partial charge is 0.362 e. The average molecular weight is 268 g/mol. The minimum atomic E-state index is -0.320. The van der Waals surface area contributed by atoms with Crippen molar-refractivity contribution in [2.45, 2.75) is 58.9 Å². The lowest BCUT2D eigenvalue weighted by atomic mass is 10.1. The van der Waals surface area contributed by atoms with Crippen LogP contribution in [0.1, 0.15) is 52.1 Å². The Bertz CT molecular complexity index is 429. The van der Waals surface area contributed by atoms with Crippen LogP contribution in [-0.2, 0) is 13.5 Å². The van der Waals surface area contributed by atoms with Crippen LogP contribution in [0.3, 0.4) is 0 Å². The van der Waals surface area contributed by atoms with Crippen molar-refractivity contribution in [3.8, 4) is 0 Å². The van der Waals surface area contributed by atoms with Gasteiger partial charge in [-0.3, -0.25) is 10.1 Å². The quantitative estimate of drug-likeness (QED) is 0.580. The summed E-state index contributed by atoms with van der Waals surface area (Å²) in [6.45, 7) is 6.20. The molecule has 0 aliphatic carbocycles. The molecule has 1 N–H and O–H groups in total. The Kier molecular flexibility index (Phi) is 5.79. The number of nitro groups is 1. The predicted octanol–water partition coefficient (Wildman–Crippen LogP) is 3.27. The predicted molar refractivity (Wildman–Crippen MR) is 76.5 cm³/mol. The molecule has 1 heterocycles. The molecule has 0 saturated heterocycles. The van der Waals surface area contributed by atoms with Gasteiger partial charge < -0.3 is 5.32 Å². The van der Waals surface area contributed by atoms with E-state index in [-0.39, 0.29) is 16.7 Å². The molecule has 0 bridgehead atoms. The lowest BCUT2D eigenvalue weighted by Crippen LogP contribution is -2.20. The highest BCUT2D eigenvalue weighted by atomic mass is 16.6. The van der Waals surface area contributed by atoms with E-state index in [4.69, 9.17) is 0 Å². The van der Waals surface area contributed by atoms with E-state index in [1.54, 1.807) is 11.7 Å². The Morgan fingerprint density at radius 2 is 2.05 bits per heavy atom. The Morgan fingerprint density at radius 1 is 1.37 bits per heavy atom. The first kappa shape index (κ1) is 15.5. The fraction of sp³-hybridized carbons (Fsp3) is 0.769. The summed E-state index contributed by atoms with van der Waals surface area (Å²) in [6, 6.07) is 0.258. The van der Waals surface area contributed by atoms with Crippen LogP contribution in [0, 0.1) is 10.1 Å². The molecule has 108 valence electrons. The molecule has 1 aromatic heterocycles. The maximum Gasteiger partial charge on any atom is 0.333 e. The molecular formula is C13H24N4O2. The van der Waals surface area contributed by atoms with Gasteiger partial charge in [-0.05, 0) is 19.3 Å². The van der Waals surface area contributed by atoms with Crippen molar-refractivity contribution in [1.82, 2.24) is 9.78 Å². The summed E-state index contributed by atoms with van der Waals surface area (Å²) in [7, 11) is 1.76. The Balaban J connectivity index is 3.07. The molecule has 0 fully saturated rings. The van der Waals surface area contributed by atoms with E-state index in [0.717, 1.165) is 25.7 Å². The lowest BCUT2D eigenvalue weighted by Gasteiger charge is -2.16.